The minimum Gasteiger partial charge on any atom is -0.366 e. The molecule has 6 nitrogen and oxygen atoms in total. The van der Waals surface area contributed by atoms with Gasteiger partial charge in [-0.3, -0.25) is 14.5 Å². The molecule has 0 radical (unpaired) electrons. The molecule has 0 saturated carbocycles. The van der Waals surface area contributed by atoms with Crippen LogP contribution in [-0.2, 0) is 4.79 Å². The normalized spacial score (nSPS) is 19.6. The van der Waals surface area contributed by atoms with Crippen LogP contribution in [0.15, 0.2) is 24.3 Å². The molecule has 1 atom stereocenters. The van der Waals surface area contributed by atoms with E-state index < -0.39 is 5.91 Å². The lowest BCUT2D eigenvalue weighted by atomic mass is 10.2. The van der Waals surface area contributed by atoms with Crippen LogP contribution >= 0.6 is 0 Å². The van der Waals surface area contributed by atoms with E-state index in [4.69, 9.17) is 5.73 Å². The van der Waals surface area contributed by atoms with Crippen LogP contribution in [0, 0.1) is 0 Å². The monoisotopic (exact) mass is 276 g/mol. The first-order valence-corrected chi connectivity index (χ1v) is 6.71. The van der Waals surface area contributed by atoms with E-state index in [0.717, 1.165) is 19.6 Å². The molecule has 0 bridgehead atoms. The first kappa shape index (κ1) is 14.5. The molecule has 1 fully saturated rings. The zero-order valence-electron chi connectivity index (χ0n) is 11.6. The fourth-order valence-corrected chi connectivity index (χ4v) is 2.22. The van der Waals surface area contributed by atoms with Gasteiger partial charge in [-0.15, -0.1) is 0 Å². The predicted molar refractivity (Wildman–Crippen MR) is 77.5 cm³/mol. The molecule has 4 N–H and O–H groups in total. The quantitative estimate of drug-likeness (QED) is 0.723. The molecule has 108 valence electrons. The fraction of sp³-hybridized carbons (Fsp3) is 0.429. The number of carbonyl (C=O) groups is 2. The van der Waals surface area contributed by atoms with E-state index >= 15 is 0 Å². The molecule has 20 heavy (non-hydrogen) atoms. The number of amides is 2. The summed E-state index contributed by atoms with van der Waals surface area (Å²) in [6.07, 6.45) is 0. The number of rotatable bonds is 4. The van der Waals surface area contributed by atoms with E-state index in [-0.39, 0.29) is 5.91 Å². The third-order valence-electron chi connectivity index (χ3n) is 3.44. The second-order valence-electron chi connectivity index (χ2n) is 5.01. The number of piperazine rings is 1. The highest BCUT2D eigenvalue weighted by atomic mass is 16.2. The summed E-state index contributed by atoms with van der Waals surface area (Å²) in [6, 6.07) is 6.92. The Labute approximate surface area is 118 Å². The molecular weight excluding hydrogens is 256 g/mol. The summed E-state index contributed by atoms with van der Waals surface area (Å²) < 4.78 is 0. The number of benzene rings is 1. The van der Waals surface area contributed by atoms with Crippen LogP contribution in [0.4, 0.5) is 5.69 Å². The highest BCUT2D eigenvalue weighted by molar-refractivity contribution is 5.95. The smallest absolute Gasteiger partial charge is 0.248 e. The second kappa shape index (κ2) is 6.49. The highest BCUT2D eigenvalue weighted by Crippen LogP contribution is 2.10. The van der Waals surface area contributed by atoms with Crippen molar-refractivity contribution in [2.45, 2.75) is 13.0 Å². The Morgan fingerprint density at radius 1 is 1.40 bits per heavy atom. The number of nitrogens with one attached hydrogen (secondary N) is 2. The average molecular weight is 276 g/mol. The van der Waals surface area contributed by atoms with E-state index in [1.165, 1.54) is 0 Å². The van der Waals surface area contributed by atoms with Gasteiger partial charge in [-0.2, -0.15) is 0 Å². The maximum Gasteiger partial charge on any atom is 0.248 e. The van der Waals surface area contributed by atoms with Crippen molar-refractivity contribution in [3.8, 4) is 0 Å². The first-order valence-electron chi connectivity index (χ1n) is 6.71. The van der Waals surface area contributed by atoms with Gasteiger partial charge in [-0.05, 0) is 31.2 Å². The summed E-state index contributed by atoms with van der Waals surface area (Å²) in [6.45, 7) is 5.15. The maximum absolute atomic E-state index is 12.0. The molecule has 1 saturated heterocycles. The number of anilines is 1. The van der Waals surface area contributed by atoms with Gasteiger partial charge in [-0.25, -0.2) is 0 Å². The Balaban J connectivity index is 1.89. The zero-order chi connectivity index (χ0) is 14.5. The molecule has 1 aromatic carbocycles. The van der Waals surface area contributed by atoms with Crippen molar-refractivity contribution < 1.29 is 9.59 Å². The fourth-order valence-electron chi connectivity index (χ4n) is 2.22. The average Bonchev–Trinajstić information content (AvgIpc) is 2.42. The molecular formula is C14H20N4O2. The van der Waals surface area contributed by atoms with Gasteiger partial charge in [0.2, 0.25) is 11.8 Å². The molecule has 0 aliphatic carbocycles. The standard InChI is InChI=1S/C14H20N4O2/c1-10-8-16-6-7-18(10)9-13(19)17-12-4-2-11(3-5-12)14(15)20/h2-5,10,16H,6-9H2,1H3,(H2,15,20)(H,17,19). The predicted octanol–water partition coefficient (Wildman–Crippen LogP) is 0.0177. The third-order valence-corrected chi connectivity index (χ3v) is 3.44. The molecule has 0 aromatic heterocycles. The van der Waals surface area contributed by atoms with Crippen LogP contribution < -0.4 is 16.4 Å². The van der Waals surface area contributed by atoms with Crippen LogP contribution in [0.3, 0.4) is 0 Å². The van der Waals surface area contributed by atoms with Crippen LogP contribution in [0.1, 0.15) is 17.3 Å². The van der Waals surface area contributed by atoms with Crippen molar-refractivity contribution in [1.29, 1.82) is 0 Å². The summed E-state index contributed by atoms with van der Waals surface area (Å²) in [5.74, 6) is -0.525. The lowest BCUT2D eigenvalue weighted by molar-refractivity contribution is -0.118. The number of hydrogen-bond acceptors (Lipinski definition) is 4. The Morgan fingerprint density at radius 2 is 2.10 bits per heavy atom. The van der Waals surface area contributed by atoms with E-state index in [2.05, 4.69) is 22.5 Å². The van der Waals surface area contributed by atoms with Gasteiger partial charge in [0.05, 0.1) is 6.54 Å². The van der Waals surface area contributed by atoms with Gasteiger partial charge in [-0.1, -0.05) is 0 Å². The van der Waals surface area contributed by atoms with Crippen molar-refractivity contribution in [3.05, 3.63) is 29.8 Å². The van der Waals surface area contributed by atoms with Gasteiger partial charge in [0.25, 0.3) is 0 Å². The van der Waals surface area contributed by atoms with E-state index in [1.54, 1.807) is 24.3 Å². The molecule has 0 spiro atoms. The van der Waals surface area contributed by atoms with Crippen molar-refractivity contribution in [2.75, 3.05) is 31.5 Å². The van der Waals surface area contributed by atoms with Crippen molar-refractivity contribution >= 4 is 17.5 Å². The number of hydrogen-bond donors (Lipinski definition) is 3. The minimum atomic E-state index is -0.475. The van der Waals surface area contributed by atoms with E-state index in [9.17, 15) is 9.59 Å². The molecule has 1 aliphatic heterocycles. The zero-order valence-corrected chi connectivity index (χ0v) is 11.6. The molecule has 1 unspecified atom stereocenters. The topological polar surface area (TPSA) is 87.5 Å². The maximum atomic E-state index is 12.0. The van der Waals surface area contributed by atoms with Crippen LogP contribution in [0.2, 0.25) is 0 Å². The molecule has 1 aliphatic rings. The minimum absolute atomic E-state index is 0.0504. The Morgan fingerprint density at radius 3 is 2.70 bits per heavy atom. The number of nitrogens with zero attached hydrogens (tertiary/aromatic N) is 1. The van der Waals surface area contributed by atoms with Gasteiger partial charge < -0.3 is 16.4 Å². The Kier molecular flexibility index (Phi) is 4.70. The van der Waals surface area contributed by atoms with Crippen LogP contribution in [0.5, 0.6) is 0 Å². The Hall–Kier alpha value is -1.92. The van der Waals surface area contributed by atoms with Crippen molar-refractivity contribution in [3.63, 3.8) is 0 Å². The van der Waals surface area contributed by atoms with Crippen molar-refractivity contribution in [1.82, 2.24) is 10.2 Å². The number of carbonyl (C=O) groups excluding carboxylic acids is 2. The largest absolute Gasteiger partial charge is 0.366 e. The summed E-state index contributed by atoms with van der Waals surface area (Å²) in [4.78, 5) is 25.1. The SMILES string of the molecule is CC1CNCCN1CC(=O)Nc1ccc(C(N)=O)cc1. The second-order valence-corrected chi connectivity index (χ2v) is 5.01. The summed E-state index contributed by atoms with van der Waals surface area (Å²) in [5, 5.41) is 6.11. The molecule has 2 amide bonds. The van der Waals surface area contributed by atoms with Gasteiger partial charge in [0, 0.05) is 36.9 Å². The first-order chi connectivity index (χ1) is 9.56. The summed E-state index contributed by atoms with van der Waals surface area (Å²) >= 11 is 0. The van der Waals surface area contributed by atoms with Gasteiger partial charge in [0.15, 0.2) is 0 Å². The molecule has 2 rings (SSSR count). The van der Waals surface area contributed by atoms with E-state index in [0.29, 0.717) is 23.8 Å². The number of nitrogens with two attached hydrogens (primary N) is 1. The molecule has 1 heterocycles. The lowest BCUT2D eigenvalue weighted by Gasteiger charge is -2.33. The third kappa shape index (κ3) is 3.79. The Bertz CT molecular complexity index is 486. The van der Waals surface area contributed by atoms with E-state index in [1.807, 2.05) is 0 Å². The highest BCUT2D eigenvalue weighted by Gasteiger charge is 2.20. The lowest BCUT2D eigenvalue weighted by Crippen LogP contribution is -2.51. The molecule has 1 aromatic rings. The van der Waals surface area contributed by atoms with Gasteiger partial charge in [0.1, 0.15) is 0 Å². The van der Waals surface area contributed by atoms with Crippen molar-refractivity contribution in [2.24, 2.45) is 5.73 Å². The van der Waals surface area contributed by atoms with Crippen LogP contribution in [0.25, 0.3) is 0 Å². The summed E-state index contributed by atoms with van der Waals surface area (Å²) in [5.41, 5.74) is 6.26. The number of primary amides is 1. The molecule has 6 heteroatoms. The van der Waals surface area contributed by atoms with Crippen LogP contribution in [-0.4, -0.2) is 48.9 Å². The summed E-state index contributed by atoms with van der Waals surface area (Å²) in [7, 11) is 0. The van der Waals surface area contributed by atoms with Gasteiger partial charge >= 0.3 is 0 Å².